The summed E-state index contributed by atoms with van der Waals surface area (Å²) in [7, 11) is -3.04. The van der Waals surface area contributed by atoms with Gasteiger partial charge in [-0.3, -0.25) is 4.79 Å². The largest absolute Gasteiger partial charge is 0.337 e. The molecule has 0 heterocycles. The minimum Gasteiger partial charge on any atom is -0.337 e. The van der Waals surface area contributed by atoms with Crippen LogP contribution in [0.5, 0.6) is 0 Å². The van der Waals surface area contributed by atoms with Crippen LogP contribution in [0.3, 0.4) is 0 Å². The highest BCUT2D eigenvalue weighted by molar-refractivity contribution is 7.90. The molecule has 0 aliphatic heterocycles. The van der Waals surface area contributed by atoms with Crippen molar-refractivity contribution in [3.8, 4) is 0 Å². The molecule has 0 aromatic carbocycles. The second-order valence-electron chi connectivity index (χ2n) is 7.33. The lowest BCUT2D eigenvalue weighted by molar-refractivity contribution is -0.136. The number of hydrogen-bond donors (Lipinski definition) is 0. The first kappa shape index (κ1) is 17.5. The molecule has 0 saturated heterocycles. The van der Waals surface area contributed by atoms with Gasteiger partial charge in [0.1, 0.15) is 9.84 Å². The van der Waals surface area contributed by atoms with Gasteiger partial charge in [-0.2, -0.15) is 0 Å². The third-order valence-corrected chi connectivity index (χ3v) is 4.99. The average Bonchev–Trinajstić information content (AvgIpc) is 2.60. The molecule has 1 amide bonds. The molecule has 0 bridgehead atoms. The maximum atomic E-state index is 12.5. The molecule has 118 valence electrons. The first-order valence-corrected chi connectivity index (χ1v) is 9.53. The summed E-state index contributed by atoms with van der Waals surface area (Å²) in [5.74, 6) is 1.32. The third kappa shape index (κ3) is 5.81. The maximum Gasteiger partial charge on any atom is 0.223 e. The van der Waals surface area contributed by atoms with E-state index in [2.05, 4.69) is 6.92 Å². The summed E-state index contributed by atoms with van der Waals surface area (Å²) in [4.78, 5) is 14.2. The van der Waals surface area contributed by atoms with Crippen LogP contribution in [0.1, 0.15) is 53.4 Å². The van der Waals surface area contributed by atoms with Crippen LogP contribution in [-0.2, 0) is 14.6 Å². The second kappa shape index (κ2) is 6.46. The summed E-state index contributed by atoms with van der Waals surface area (Å²) < 4.78 is 22.7. The fourth-order valence-electron chi connectivity index (χ4n) is 2.96. The Hall–Kier alpha value is -0.580. The average molecular weight is 303 g/mol. The predicted octanol–water partition coefficient (Wildman–Crippen LogP) is 2.48. The van der Waals surface area contributed by atoms with Crippen molar-refractivity contribution in [3.05, 3.63) is 0 Å². The Morgan fingerprint density at radius 2 is 1.85 bits per heavy atom. The summed E-state index contributed by atoms with van der Waals surface area (Å²) in [6, 6.07) is 0. The van der Waals surface area contributed by atoms with E-state index in [1.54, 1.807) is 4.90 Å². The van der Waals surface area contributed by atoms with Crippen LogP contribution in [0.25, 0.3) is 0 Å². The van der Waals surface area contributed by atoms with E-state index in [4.69, 9.17) is 0 Å². The van der Waals surface area contributed by atoms with Crippen molar-refractivity contribution >= 4 is 15.7 Å². The van der Waals surface area contributed by atoms with Crippen molar-refractivity contribution < 1.29 is 13.2 Å². The van der Waals surface area contributed by atoms with E-state index in [0.29, 0.717) is 24.8 Å². The highest BCUT2D eigenvalue weighted by atomic mass is 32.2. The van der Waals surface area contributed by atoms with Gasteiger partial charge in [0.05, 0.1) is 5.75 Å². The number of carbonyl (C=O) groups is 1. The van der Waals surface area contributed by atoms with E-state index in [9.17, 15) is 13.2 Å². The molecule has 5 heteroatoms. The van der Waals surface area contributed by atoms with Crippen LogP contribution < -0.4 is 0 Å². The molecular formula is C15H29NO3S. The SMILES string of the molecule is C[C@H]1CC[C@H](CC(=O)N(CCS(C)(=O)=O)C(C)(C)C)C1. The zero-order chi connectivity index (χ0) is 15.6. The van der Waals surface area contributed by atoms with Crippen LogP contribution in [-0.4, -0.2) is 43.3 Å². The number of carbonyl (C=O) groups excluding carboxylic acids is 1. The number of sulfone groups is 1. The molecule has 1 rings (SSSR count). The van der Waals surface area contributed by atoms with Gasteiger partial charge in [-0.05, 0) is 45.4 Å². The number of nitrogens with zero attached hydrogens (tertiary/aromatic N) is 1. The van der Waals surface area contributed by atoms with E-state index < -0.39 is 9.84 Å². The Balaban J connectivity index is 2.65. The number of amides is 1. The lowest BCUT2D eigenvalue weighted by Gasteiger charge is -2.36. The van der Waals surface area contributed by atoms with Crippen molar-refractivity contribution in [2.45, 2.75) is 58.9 Å². The molecule has 2 atom stereocenters. The Labute approximate surface area is 123 Å². The molecule has 1 fully saturated rings. The first-order valence-electron chi connectivity index (χ1n) is 7.47. The minimum absolute atomic E-state index is 0.0388. The molecular weight excluding hydrogens is 274 g/mol. The normalized spacial score (nSPS) is 23.9. The number of hydrogen-bond acceptors (Lipinski definition) is 3. The summed E-state index contributed by atoms with van der Waals surface area (Å²) in [5, 5.41) is 0. The highest BCUT2D eigenvalue weighted by Crippen LogP contribution is 2.33. The lowest BCUT2D eigenvalue weighted by atomic mass is 9.99. The van der Waals surface area contributed by atoms with Crippen LogP contribution in [0.2, 0.25) is 0 Å². The van der Waals surface area contributed by atoms with Crippen LogP contribution in [0, 0.1) is 11.8 Å². The van der Waals surface area contributed by atoms with Gasteiger partial charge in [-0.1, -0.05) is 13.3 Å². The van der Waals surface area contributed by atoms with E-state index in [1.807, 2.05) is 20.8 Å². The molecule has 0 radical (unpaired) electrons. The topological polar surface area (TPSA) is 54.5 Å². The van der Waals surface area contributed by atoms with E-state index in [-0.39, 0.29) is 17.2 Å². The molecule has 1 aliphatic rings. The zero-order valence-corrected chi connectivity index (χ0v) is 14.3. The van der Waals surface area contributed by atoms with Crippen molar-refractivity contribution in [2.75, 3.05) is 18.6 Å². The van der Waals surface area contributed by atoms with Gasteiger partial charge in [-0.25, -0.2) is 8.42 Å². The van der Waals surface area contributed by atoms with Gasteiger partial charge < -0.3 is 4.90 Å². The summed E-state index contributed by atoms with van der Waals surface area (Å²) in [6.07, 6.45) is 5.23. The lowest BCUT2D eigenvalue weighted by Crippen LogP contribution is -2.48. The molecule has 0 N–H and O–H groups in total. The van der Waals surface area contributed by atoms with Gasteiger partial charge >= 0.3 is 0 Å². The monoisotopic (exact) mass is 303 g/mol. The summed E-state index contributed by atoms with van der Waals surface area (Å²) in [5.41, 5.74) is -0.327. The molecule has 0 unspecified atom stereocenters. The molecule has 0 aromatic heterocycles. The van der Waals surface area contributed by atoms with Gasteiger partial charge in [0, 0.05) is 24.8 Å². The Morgan fingerprint density at radius 3 is 2.25 bits per heavy atom. The van der Waals surface area contributed by atoms with Crippen molar-refractivity contribution in [1.82, 2.24) is 4.90 Å². The van der Waals surface area contributed by atoms with E-state index >= 15 is 0 Å². The van der Waals surface area contributed by atoms with Crippen LogP contribution in [0.15, 0.2) is 0 Å². The van der Waals surface area contributed by atoms with Gasteiger partial charge in [0.25, 0.3) is 0 Å². The fourth-order valence-corrected chi connectivity index (χ4v) is 3.47. The molecule has 1 saturated carbocycles. The zero-order valence-electron chi connectivity index (χ0n) is 13.5. The van der Waals surface area contributed by atoms with Gasteiger partial charge in [-0.15, -0.1) is 0 Å². The third-order valence-electron chi connectivity index (χ3n) is 4.06. The quantitative estimate of drug-likeness (QED) is 0.784. The van der Waals surface area contributed by atoms with Crippen molar-refractivity contribution in [1.29, 1.82) is 0 Å². The standard InChI is InChI=1S/C15H29NO3S/c1-12-6-7-13(10-12)11-14(17)16(15(2,3)4)8-9-20(5,18)19/h12-13H,6-11H2,1-5H3/t12-,13-/m0/s1. The summed E-state index contributed by atoms with van der Waals surface area (Å²) in [6.45, 7) is 8.42. The highest BCUT2D eigenvalue weighted by Gasteiger charge is 2.30. The van der Waals surface area contributed by atoms with E-state index in [0.717, 1.165) is 12.8 Å². The van der Waals surface area contributed by atoms with Gasteiger partial charge in [0.15, 0.2) is 0 Å². The second-order valence-corrected chi connectivity index (χ2v) is 9.59. The maximum absolute atomic E-state index is 12.5. The Bertz CT molecular complexity index is 437. The van der Waals surface area contributed by atoms with E-state index in [1.165, 1.54) is 12.7 Å². The van der Waals surface area contributed by atoms with Crippen LogP contribution in [0.4, 0.5) is 0 Å². The predicted molar refractivity (Wildman–Crippen MR) is 82.3 cm³/mol. The molecule has 0 spiro atoms. The molecule has 1 aliphatic carbocycles. The Kier molecular flexibility index (Phi) is 5.64. The summed E-state index contributed by atoms with van der Waals surface area (Å²) >= 11 is 0. The molecule has 4 nitrogen and oxygen atoms in total. The smallest absolute Gasteiger partial charge is 0.223 e. The Morgan fingerprint density at radius 1 is 1.25 bits per heavy atom. The van der Waals surface area contributed by atoms with Gasteiger partial charge in [0.2, 0.25) is 5.91 Å². The first-order chi connectivity index (χ1) is 8.99. The van der Waals surface area contributed by atoms with Crippen LogP contribution >= 0.6 is 0 Å². The molecule has 20 heavy (non-hydrogen) atoms. The number of rotatable bonds is 5. The molecule has 0 aromatic rings. The van der Waals surface area contributed by atoms with Crippen molar-refractivity contribution in [3.63, 3.8) is 0 Å². The van der Waals surface area contributed by atoms with Crippen molar-refractivity contribution in [2.24, 2.45) is 11.8 Å². The fraction of sp³-hybridized carbons (Fsp3) is 0.933. The minimum atomic E-state index is -3.04.